The number of rotatable bonds is 7. The van der Waals surface area contributed by atoms with Crippen LogP contribution >= 0.6 is 0 Å². The summed E-state index contributed by atoms with van der Waals surface area (Å²) in [6.45, 7) is 12.4. The van der Waals surface area contributed by atoms with Gasteiger partial charge in [-0.15, -0.1) is 5.54 Å². The normalized spacial score (nSPS) is 18.6. The lowest BCUT2D eigenvalue weighted by atomic mass is 9.79. The Morgan fingerprint density at radius 1 is 0.909 bits per heavy atom. The van der Waals surface area contributed by atoms with Crippen molar-refractivity contribution in [2.24, 2.45) is 0 Å². The van der Waals surface area contributed by atoms with Crippen molar-refractivity contribution in [3.8, 4) is 11.5 Å². The Morgan fingerprint density at radius 2 is 1.43 bits per heavy atom. The number of hydrogen-bond acceptors (Lipinski definition) is 5. The van der Waals surface area contributed by atoms with Crippen LogP contribution in [0.2, 0.25) is 19.6 Å². The van der Waals surface area contributed by atoms with Crippen molar-refractivity contribution < 1.29 is 14.6 Å². The van der Waals surface area contributed by atoms with Gasteiger partial charge >= 0.3 is 5.69 Å². The molecule has 1 fully saturated rings. The molecule has 0 radical (unpaired) electrons. The molecule has 1 aliphatic rings. The van der Waals surface area contributed by atoms with Crippen LogP contribution in [0.3, 0.4) is 0 Å². The van der Waals surface area contributed by atoms with Crippen LogP contribution in [0.5, 0.6) is 0 Å². The molecule has 0 amide bonds. The quantitative estimate of drug-likeness (QED) is 0.168. The number of nitrogens with one attached hydrogen (secondary N) is 1. The molecular weight excluding hydrogens is 568 g/mol. The van der Waals surface area contributed by atoms with E-state index >= 15 is 0 Å². The third-order valence-electron chi connectivity index (χ3n) is 7.91. The second kappa shape index (κ2) is 12.5. The molecule has 5 rings (SSSR count). The van der Waals surface area contributed by atoms with Crippen LogP contribution in [0.25, 0.3) is 0 Å². The third-order valence-corrected chi connectivity index (χ3v) is 8.79. The molecule has 0 bridgehead atoms. The summed E-state index contributed by atoms with van der Waals surface area (Å²) in [5, 5.41) is 11.1. The minimum absolute atomic E-state index is 0.0493. The molecule has 2 heterocycles. The van der Waals surface area contributed by atoms with Crippen LogP contribution in [0.15, 0.2) is 88.6 Å². The van der Waals surface area contributed by atoms with E-state index in [0.717, 1.165) is 33.4 Å². The maximum atomic E-state index is 12.6. The predicted octanol–water partition coefficient (Wildman–Crippen LogP) is 5.35. The highest BCUT2D eigenvalue weighted by Crippen LogP contribution is 2.42. The van der Waals surface area contributed by atoms with Gasteiger partial charge in [0.1, 0.15) is 26.0 Å². The van der Waals surface area contributed by atoms with Gasteiger partial charge in [-0.05, 0) is 49.6 Å². The van der Waals surface area contributed by atoms with Crippen LogP contribution in [0.1, 0.15) is 51.6 Å². The van der Waals surface area contributed by atoms with E-state index in [2.05, 4.69) is 96.8 Å². The van der Waals surface area contributed by atoms with Crippen LogP contribution in [-0.4, -0.2) is 41.5 Å². The molecule has 4 aromatic rings. The second-order valence-electron chi connectivity index (χ2n) is 12.7. The molecule has 2 N–H and O–H groups in total. The van der Waals surface area contributed by atoms with Gasteiger partial charge in [0.15, 0.2) is 0 Å². The highest BCUT2D eigenvalue weighted by atomic mass is 28.3. The van der Waals surface area contributed by atoms with Gasteiger partial charge in [-0.3, -0.25) is 14.3 Å². The van der Waals surface area contributed by atoms with Crippen LogP contribution in [0, 0.1) is 32.2 Å². The molecule has 1 aromatic heterocycles. The van der Waals surface area contributed by atoms with E-state index in [1.807, 2.05) is 26.0 Å². The average Bonchev–Trinajstić information content (AvgIpc) is 3.35. The first-order chi connectivity index (χ1) is 20.9. The van der Waals surface area contributed by atoms with Gasteiger partial charge in [-0.25, -0.2) is 4.79 Å². The minimum Gasteiger partial charge on any atom is -0.390 e. The number of aromatic nitrogens is 2. The summed E-state index contributed by atoms with van der Waals surface area (Å²) in [6, 6.07) is 24.8. The number of hydrogen-bond donors (Lipinski definition) is 2. The van der Waals surface area contributed by atoms with Crippen molar-refractivity contribution in [2.45, 2.75) is 70.9 Å². The molecule has 7 nitrogen and oxygen atoms in total. The van der Waals surface area contributed by atoms with Gasteiger partial charge in [0, 0.05) is 23.7 Å². The van der Waals surface area contributed by atoms with E-state index in [4.69, 9.17) is 9.47 Å². The molecule has 1 saturated heterocycles. The number of aryl methyl sites for hydroxylation is 3. The fourth-order valence-corrected chi connectivity index (χ4v) is 5.94. The summed E-state index contributed by atoms with van der Waals surface area (Å²) < 4.78 is 14.5. The van der Waals surface area contributed by atoms with Crippen molar-refractivity contribution in [2.75, 3.05) is 6.61 Å². The van der Waals surface area contributed by atoms with Crippen molar-refractivity contribution in [3.05, 3.63) is 139 Å². The lowest BCUT2D eigenvalue weighted by Crippen LogP contribution is -2.38. The first-order valence-corrected chi connectivity index (χ1v) is 18.4. The molecule has 0 unspecified atom stereocenters. The van der Waals surface area contributed by atoms with E-state index in [9.17, 15) is 14.7 Å². The van der Waals surface area contributed by atoms with E-state index in [0.29, 0.717) is 5.56 Å². The minimum atomic E-state index is -1.54. The Labute approximate surface area is 259 Å². The zero-order chi connectivity index (χ0) is 31.6. The first kappa shape index (κ1) is 31.4. The van der Waals surface area contributed by atoms with Crippen LogP contribution in [-0.2, 0) is 15.1 Å². The average molecular weight is 609 g/mol. The topological polar surface area (TPSA) is 93.5 Å². The molecule has 0 aliphatic carbocycles. The Morgan fingerprint density at radius 3 is 1.95 bits per heavy atom. The summed E-state index contributed by atoms with van der Waals surface area (Å²) in [5.74, 6) is 3.34. The van der Waals surface area contributed by atoms with Gasteiger partial charge in [0.05, 0.1) is 12.7 Å². The number of ether oxygens (including phenoxy) is 2. The molecule has 3 aromatic carbocycles. The smallest absolute Gasteiger partial charge is 0.330 e. The highest BCUT2D eigenvalue weighted by Gasteiger charge is 2.42. The molecule has 1 aliphatic heterocycles. The molecule has 228 valence electrons. The van der Waals surface area contributed by atoms with Gasteiger partial charge in [-0.1, -0.05) is 97.4 Å². The highest BCUT2D eigenvalue weighted by molar-refractivity contribution is 6.83. The number of benzene rings is 3. The monoisotopic (exact) mass is 608 g/mol. The van der Waals surface area contributed by atoms with Crippen LogP contribution in [0.4, 0.5) is 0 Å². The van der Waals surface area contributed by atoms with E-state index in [1.165, 1.54) is 10.8 Å². The Kier molecular flexibility index (Phi) is 8.96. The van der Waals surface area contributed by atoms with Crippen molar-refractivity contribution in [1.82, 2.24) is 9.55 Å². The standard InChI is InChI=1S/C36H40N2O5Si/c1-24-7-13-28(14-8-24)36(29-15-9-25(2)10-16-29,30-17-11-27(12-18-30)19-20-44(4,5)6)42-23-32-31(39)21-33(43-32)38-22-26(3)34(40)37-35(38)41/h7-18,22,31-33,39H,21,23H2,1-6H3,(H,37,40,41)/t31-,32+,33+/m0/s1. The predicted molar refractivity (Wildman–Crippen MR) is 175 cm³/mol. The Balaban J connectivity index is 1.56. The number of aliphatic hydroxyl groups is 1. The zero-order valence-corrected chi connectivity index (χ0v) is 27.2. The van der Waals surface area contributed by atoms with E-state index in [1.54, 1.807) is 6.92 Å². The third kappa shape index (κ3) is 6.72. The molecule has 3 atom stereocenters. The first-order valence-electron chi connectivity index (χ1n) is 14.9. The second-order valence-corrected chi connectivity index (χ2v) is 17.5. The van der Waals surface area contributed by atoms with E-state index in [-0.39, 0.29) is 13.0 Å². The SMILES string of the molecule is Cc1ccc(C(OC[C@H]2O[C@@H](n3cc(C)c(=O)[nH]c3=O)C[C@@H]2O)(c2ccc(C)cc2)c2ccc(C#C[Si](C)(C)C)cc2)cc1. The number of aliphatic hydroxyl groups excluding tert-OH is 1. The van der Waals surface area contributed by atoms with E-state index < -0.39 is 43.4 Å². The van der Waals surface area contributed by atoms with Gasteiger partial charge in [0.2, 0.25) is 0 Å². The molecule has 8 heteroatoms. The van der Waals surface area contributed by atoms with Crippen molar-refractivity contribution >= 4 is 8.07 Å². The largest absolute Gasteiger partial charge is 0.390 e. The summed E-state index contributed by atoms with van der Waals surface area (Å²) in [6.07, 6.45) is -0.675. The fraction of sp³-hybridized carbons (Fsp3) is 0.333. The Hall–Kier alpha value is -4.00. The Bertz CT molecular complexity index is 1740. The molecular formula is C36H40N2O5Si. The number of H-pyrrole nitrogens is 1. The molecule has 0 saturated carbocycles. The van der Waals surface area contributed by atoms with Crippen molar-refractivity contribution in [3.63, 3.8) is 0 Å². The van der Waals surface area contributed by atoms with Crippen LogP contribution < -0.4 is 11.2 Å². The van der Waals surface area contributed by atoms with Gasteiger partial charge in [-0.2, -0.15) is 0 Å². The van der Waals surface area contributed by atoms with Gasteiger partial charge < -0.3 is 14.6 Å². The maximum absolute atomic E-state index is 12.6. The lowest BCUT2D eigenvalue weighted by Gasteiger charge is -2.37. The van der Waals surface area contributed by atoms with Crippen molar-refractivity contribution in [1.29, 1.82) is 0 Å². The number of aromatic amines is 1. The maximum Gasteiger partial charge on any atom is 0.330 e. The lowest BCUT2D eigenvalue weighted by molar-refractivity contribution is -0.0944. The zero-order valence-electron chi connectivity index (χ0n) is 26.2. The van der Waals surface area contributed by atoms with Gasteiger partial charge in [0.25, 0.3) is 5.56 Å². The number of nitrogens with zero attached hydrogens (tertiary/aromatic N) is 1. The fourth-order valence-electron chi connectivity index (χ4n) is 5.42. The molecule has 0 spiro atoms. The summed E-state index contributed by atoms with van der Waals surface area (Å²) >= 11 is 0. The summed E-state index contributed by atoms with van der Waals surface area (Å²) in [4.78, 5) is 26.8. The molecule has 44 heavy (non-hydrogen) atoms. The summed E-state index contributed by atoms with van der Waals surface area (Å²) in [5.41, 5.74) is 7.76. The summed E-state index contributed by atoms with van der Waals surface area (Å²) in [7, 11) is -1.54.